The topological polar surface area (TPSA) is 84.9 Å². The number of rotatable bonds is 8. The van der Waals surface area contributed by atoms with Gasteiger partial charge in [0, 0.05) is 37.8 Å². The van der Waals surface area contributed by atoms with E-state index in [-0.39, 0.29) is 30.7 Å². The van der Waals surface area contributed by atoms with Crippen molar-refractivity contribution in [3.8, 4) is 0 Å². The minimum absolute atomic E-state index is 0.0711. The van der Waals surface area contributed by atoms with Crippen molar-refractivity contribution in [2.45, 2.75) is 57.3 Å². The lowest BCUT2D eigenvalue weighted by Gasteiger charge is -2.42. The number of likely N-dealkylation sites (tertiary alicyclic amines) is 1. The predicted molar refractivity (Wildman–Crippen MR) is 108 cm³/mol. The summed E-state index contributed by atoms with van der Waals surface area (Å²) >= 11 is 0. The highest BCUT2D eigenvalue weighted by molar-refractivity contribution is 5.74. The average Bonchev–Trinajstić information content (AvgIpc) is 2.65. The molecule has 1 saturated carbocycles. The Bertz CT molecular complexity index is 640. The molecule has 154 valence electrons. The van der Waals surface area contributed by atoms with Crippen molar-refractivity contribution in [2.75, 3.05) is 26.2 Å². The second-order valence-electron chi connectivity index (χ2n) is 7.93. The van der Waals surface area contributed by atoms with Crippen molar-refractivity contribution >= 4 is 12.0 Å². The highest BCUT2D eigenvalue weighted by atomic mass is 16.4. The summed E-state index contributed by atoms with van der Waals surface area (Å²) in [4.78, 5) is 27.6. The molecule has 3 rings (SSSR count). The van der Waals surface area contributed by atoms with Gasteiger partial charge in [-0.05, 0) is 37.8 Å². The third-order valence-electron chi connectivity index (χ3n) is 5.88. The number of benzene rings is 1. The Morgan fingerprint density at radius 2 is 1.75 bits per heavy atom. The van der Waals surface area contributed by atoms with Gasteiger partial charge in [-0.2, -0.15) is 0 Å². The molecule has 1 aliphatic carbocycles. The summed E-state index contributed by atoms with van der Waals surface area (Å²) in [5.41, 5.74) is 1.33. The molecule has 0 radical (unpaired) electrons. The highest BCUT2D eigenvalue weighted by Crippen LogP contribution is 2.25. The van der Waals surface area contributed by atoms with Gasteiger partial charge in [0.1, 0.15) is 0 Å². The number of nitrogens with zero attached hydrogens (tertiary/aromatic N) is 2. The lowest BCUT2D eigenvalue weighted by atomic mass is 9.85. The molecule has 7 heteroatoms. The van der Waals surface area contributed by atoms with Crippen LogP contribution >= 0.6 is 0 Å². The van der Waals surface area contributed by atoms with Gasteiger partial charge < -0.3 is 15.7 Å². The molecule has 0 atom stereocenters. The molecule has 0 unspecified atom stereocenters. The van der Waals surface area contributed by atoms with Gasteiger partial charge in [-0.15, -0.1) is 0 Å². The first-order chi connectivity index (χ1) is 13.5. The second kappa shape index (κ2) is 9.89. The molecule has 2 fully saturated rings. The first-order valence-corrected chi connectivity index (χ1v) is 10.3. The van der Waals surface area contributed by atoms with Crippen molar-refractivity contribution in [3.63, 3.8) is 0 Å². The zero-order valence-corrected chi connectivity index (χ0v) is 16.6. The van der Waals surface area contributed by atoms with E-state index >= 15 is 0 Å². The molecule has 7 nitrogen and oxygen atoms in total. The first-order valence-electron chi connectivity index (χ1n) is 10.3. The Labute approximate surface area is 167 Å². The lowest BCUT2D eigenvalue weighted by molar-refractivity contribution is -0.139. The summed E-state index contributed by atoms with van der Waals surface area (Å²) in [5.74, 6) is -0.797. The fraction of sp³-hybridized carbons (Fsp3) is 0.619. The molecule has 0 aromatic heterocycles. The number of carbonyl (C=O) groups excluding carboxylic acids is 1. The number of carboxylic acids is 1. The lowest BCUT2D eigenvalue weighted by Crippen LogP contribution is -2.57. The van der Waals surface area contributed by atoms with E-state index in [1.165, 1.54) is 5.56 Å². The molecule has 1 aliphatic heterocycles. The summed E-state index contributed by atoms with van der Waals surface area (Å²) in [6.45, 7) is 5.71. The van der Waals surface area contributed by atoms with E-state index in [1.54, 1.807) is 0 Å². The van der Waals surface area contributed by atoms with Crippen molar-refractivity contribution in [3.05, 3.63) is 35.9 Å². The van der Waals surface area contributed by atoms with E-state index in [0.717, 1.165) is 51.9 Å². The van der Waals surface area contributed by atoms with Gasteiger partial charge in [0.15, 0.2) is 0 Å². The van der Waals surface area contributed by atoms with Crippen LogP contribution in [0.3, 0.4) is 0 Å². The smallest absolute Gasteiger partial charge is 0.317 e. The van der Waals surface area contributed by atoms with Crippen LogP contribution in [0.5, 0.6) is 0 Å². The zero-order valence-electron chi connectivity index (χ0n) is 16.6. The summed E-state index contributed by atoms with van der Waals surface area (Å²) in [6, 6.07) is 11.0. The van der Waals surface area contributed by atoms with Gasteiger partial charge in [-0.1, -0.05) is 37.3 Å². The minimum Gasteiger partial charge on any atom is -0.480 e. The van der Waals surface area contributed by atoms with Crippen LogP contribution in [0.2, 0.25) is 0 Å². The number of hydrogen-bond donors (Lipinski definition) is 3. The number of carbonyl (C=O) groups is 2. The number of hydrogen-bond acceptors (Lipinski definition) is 4. The number of piperidine rings is 1. The van der Waals surface area contributed by atoms with Crippen LogP contribution in [0.4, 0.5) is 4.79 Å². The molecular weight excluding hydrogens is 356 g/mol. The Hall–Kier alpha value is -2.12. The normalized spacial score (nSPS) is 23.2. The quantitative estimate of drug-likeness (QED) is 0.633. The average molecular weight is 389 g/mol. The van der Waals surface area contributed by atoms with Crippen molar-refractivity contribution in [1.29, 1.82) is 0 Å². The van der Waals surface area contributed by atoms with Gasteiger partial charge in [0.2, 0.25) is 0 Å². The maximum absolute atomic E-state index is 12.3. The Morgan fingerprint density at radius 1 is 1.11 bits per heavy atom. The van der Waals surface area contributed by atoms with E-state index in [9.17, 15) is 9.59 Å². The number of urea groups is 1. The molecular formula is C21H32N4O3. The standard InChI is InChI=1S/C21H32N4O3/c1-2-25(15-20(26)27)19-12-18(13-19)23-21(28)22-17-8-10-24(11-9-17)14-16-6-4-3-5-7-16/h3-7,17-19H,2,8-15H2,1H3,(H,26,27)(H2,22,23,28). The fourth-order valence-electron chi connectivity index (χ4n) is 4.17. The maximum Gasteiger partial charge on any atom is 0.317 e. The summed E-state index contributed by atoms with van der Waals surface area (Å²) in [5, 5.41) is 15.1. The minimum atomic E-state index is -0.797. The van der Waals surface area contributed by atoms with Gasteiger partial charge >= 0.3 is 12.0 Å². The number of aliphatic carboxylic acids is 1. The summed E-state index contributed by atoms with van der Waals surface area (Å²) in [7, 11) is 0. The molecule has 0 bridgehead atoms. The number of nitrogens with one attached hydrogen (secondary N) is 2. The third-order valence-corrected chi connectivity index (χ3v) is 5.88. The van der Waals surface area contributed by atoms with Crippen molar-refractivity contribution in [1.82, 2.24) is 20.4 Å². The first kappa shape index (κ1) is 20.6. The van der Waals surface area contributed by atoms with Gasteiger partial charge in [0.05, 0.1) is 6.54 Å². The molecule has 1 aromatic carbocycles. The van der Waals surface area contributed by atoms with E-state index < -0.39 is 5.97 Å². The Balaban J connectivity index is 1.32. The van der Waals surface area contributed by atoms with E-state index in [0.29, 0.717) is 0 Å². The van der Waals surface area contributed by atoms with Gasteiger partial charge in [-0.3, -0.25) is 14.6 Å². The van der Waals surface area contributed by atoms with E-state index in [4.69, 9.17) is 5.11 Å². The molecule has 0 spiro atoms. The van der Waals surface area contributed by atoms with Crippen LogP contribution in [-0.4, -0.2) is 71.2 Å². The molecule has 28 heavy (non-hydrogen) atoms. The number of likely N-dealkylation sites (N-methyl/N-ethyl adjacent to an activating group) is 1. The highest BCUT2D eigenvalue weighted by Gasteiger charge is 2.35. The maximum atomic E-state index is 12.3. The van der Waals surface area contributed by atoms with E-state index in [1.807, 2.05) is 17.9 Å². The summed E-state index contributed by atoms with van der Waals surface area (Å²) in [6.07, 6.45) is 3.58. The Kier molecular flexibility index (Phi) is 7.28. The van der Waals surface area contributed by atoms with Crippen LogP contribution in [0.25, 0.3) is 0 Å². The molecule has 2 aliphatic rings. The third kappa shape index (κ3) is 5.94. The predicted octanol–water partition coefficient (Wildman–Crippen LogP) is 1.89. The summed E-state index contributed by atoms with van der Waals surface area (Å²) < 4.78 is 0. The SMILES string of the molecule is CCN(CC(=O)O)C1CC(NC(=O)NC2CCN(Cc3ccccc3)CC2)C1. The van der Waals surface area contributed by atoms with E-state index in [2.05, 4.69) is 39.8 Å². The van der Waals surface area contributed by atoms with Gasteiger partial charge in [0.25, 0.3) is 0 Å². The molecule has 1 aromatic rings. The van der Waals surface area contributed by atoms with Crippen LogP contribution in [0.15, 0.2) is 30.3 Å². The molecule has 3 N–H and O–H groups in total. The Morgan fingerprint density at radius 3 is 2.36 bits per heavy atom. The van der Waals surface area contributed by atoms with Crippen molar-refractivity contribution in [2.24, 2.45) is 0 Å². The number of amides is 2. The van der Waals surface area contributed by atoms with Crippen LogP contribution in [-0.2, 0) is 11.3 Å². The second-order valence-corrected chi connectivity index (χ2v) is 7.93. The van der Waals surface area contributed by atoms with Crippen LogP contribution in [0.1, 0.15) is 38.2 Å². The molecule has 2 amide bonds. The van der Waals surface area contributed by atoms with Gasteiger partial charge in [-0.25, -0.2) is 4.79 Å². The van der Waals surface area contributed by atoms with Crippen molar-refractivity contribution < 1.29 is 14.7 Å². The fourth-order valence-corrected chi connectivity index (χ4v) is 4.17. The monoisotopic (exact) mass is 388 g/mol. The van der Waals surface area contributed by atoms with Crippen LogP contribution in [0, 0.1) is 0 Å². The van der Waals surface area contributed by atoms with Crippen LogP contribution < -0.4 is 10.6 Å². The molecule has 1 saturated heterocycles. The largest absolute Gasteiger partial charge is 0.480 e. The molecule has 1 heterocycles. The number of carboxylic acid groups (broad SMARTS) is 1. The zero-order chi connectivity index (χ0) is 19.9.